The first-order valence-electron chi connectivity index (χ1n) is 13.2. The Bertz CT molecular complexity index is 1160. The third kappa shape index (κ3) is 6.68. The Labute approximate surface area is 234 Å². The van der Waals surface area contributed by atoms with Crippen molar-refractivity contribution in [3.05, 3.63) is 57.6 Å². The first-order chi connectivity index (χ1) is 18.1. The van der Waals surface area contributed by atoms with Gasteiger partial charge in [-0.05, 0) is 80.7 Å². The molecule has 2 N–H and O–H groups in total. The molecule has 1 saturated carbocycles. The first kappa shape index (κ1) is 28.4. The zero-order valence-electron chi connectivity index (χ0n) is 21.9. The van der Waals surface area contributed by atoms with E-state index < -0.39 is 17.9 Å². The van der Waals surface area contributed by atoms with Crippen molar-refractivity contribution < 1.29 is 19.5 Å². The van der Waals surface area contributed by atoms with Crippen LogP contribution in [-0.2, 0) is 16.0 Å². The molecular formula is C29H35Cl2N3O4. The standard InChI is InChI=1S/C29H35Cl2N3O4/c1-33(2)17-26(29(37)38)32-27(35)19-10-8-18(9-11-19)21-15-24(30)23(25(31)16-21)14-20-12-13-34(28(20)36)22-6-4-3-5-7-22/h8-11,15-16,20,22,26H,3-7,12-14,17H2,1-2H3,(H,32,35)(H,37,38). The van der Waals surface area contributed by atoms with Crippen LogP contribution in [0.2, 0.25) is 10.0 Å². The van der Waals surface area contributed by atoms with Gasteiger partial charge in [0.05, 0.1) is 0 Å². The van der Waals surface area contributed by atoms with Crippen LogP contribution in [0, 0.1) is 5.92 Å². The summed E-state index contributed by atoms with van der Waals surface area (Å²) in [7, 11) is 3.49. The van der Waals surface area contributed by atoms with E-state index in [-0.39, 0.29) is 18.4 Å². The number of aliphatic carboxylic acids is 1. The number of hydrogen-bond acceptors (Lipinski definition) is 4. The number of likely N-dealkylation sites (tertiary alicyclic amines) is 1. The van der Waals surface area contributed by atoms with Gasteiger partial charge in [-0.3, -0.25) is 9.59 Å². The lowest BCUT2D eigenvalue weighted by molar-refractivity contribution is -0.139. The molecule has 2 amide bonds. The predicted octanol–water partition coefficient (Wildman–Crippen LogP) is 5.13. The van der Waals surface area contributed by atoms with Crippen molar-refractivity contribution in [3.8, 4) is 11.1 Å². The fourth-order valence-corrected chi connectivity index (χ4v) is 6.17. The van der Waals surface area contributed by atoms with Crippen molar-refractivity contribution in [2.75, 3.05) is 27.2 Å². The van der Waals surface area contributed by atoms with Gasteiger partial charge >= 0.3 is 5.97 Å². The van der Waals surface area contributed by atoms with Crippen LogP contribution in [-0.4, -0.2) is 72.0 Å². The highest BCUT2D eigenvalue weighted by Crippen LogP contribution is 2.36. The van der Waals surface area contributed by atoms with E-state index in [9.17, 15) is 19.5 Å². The maximum Gasteiger partial charge on any atom is 0.327 e. The number of carbonyl (C=O) groups excluding carboxylic acids is 2. The molecule has 204 valence electrons. The van der Waals surface area contributed by atoms with Crippen molar-refractivity contribution in [2.24, 2.45) is 5.92 Å². The molecule has 2 aliphatic rings. The quantitative estimate of drug-likeness (QED) is 0.444. The van der Waals surface area contributed by atoms with E-state index >= 15 is 0 Å². The molecule has 2 atom stereocenters. The molecule has 0 radical (unpaired) electrons. The largest absolute Gasteiger partial charge is 0.480 e. The van der Waals surface area contributed by atoms with Crippen LogP contribution in [0.4, 0.5) is 0 Å². The van der Waals surface area contributed by atoms with E-state index in [0.717, 1.165) is 42.5 Å². The molecule has 4 rings (SSSR count). The van der Waals surface area contributed by atoms with Crippen LogP contribution >= 0.6 is 23.2 Å². The van der Waals surface area contributed by atoms with Gasteiger partial charge in [-0.1, -0.05) is 54.6 Å². The van der Waals surface area contributed by atoms with E-state index in [0.29, 0.717) is 28.1 Å². The van der Waals surface area contributed by atoms with Gasteiger partial charge in [-0.15, -0.1) is 0 Å². The van der Waals surface area contributed by atoms with Crippen molar-refractivity contribution in [1.82, 2.24) is 15.1 Å². The zero-order chi connectivity index (χ0) is 27.4. The second-order valence-corrected chi connectivity index (χ2v) is 11.4. The molecule has 2 aromatic rings. The van der Waals surface area contributed by atoms with Gasteiger partial charge in [0.15, 0.2) is 0 Å². The zero-order valence-corrected chi connectivity index (χ0v) is 23.4. The fourth-order valence-electron chi connectivity index (χ4n) is 5.53. The fraction of sp³-hybridized carbons (Fsp3) is 0.483. The summed E-state index contributed by atoms with van der Waals surface area (Å²) in [6, 6.07) is 9.90. The SMILES string of the molecule is CN(C)CC(NC(=O)c1ccc(-c2cc(Cl)c(CC3CCN(C4CCCCC4)C3=O)c(Cl)c2)cc1)C(=O)O. The Kier molecular flexibility index (Phi) is 9.34. The Balaban J connectivity index is 1.43. The number of carboxylic acid groups (broad SMARTS) is 1. The number of carboxylic acids is 1. The highest BCUT2D eigenvalue weighted by Gasteiger charge is 2.36. The molecule has 9 heteroatoms. The average Bonchev–Trinajstić information content (AvgIpc) is 3.25. The Morgan fingerprint density at radius 1 is 1.03 bits per heavy atom. The molecular weight excluding hydrogens is 525 g/mol. The molecule has 1 heterocycles. The predicted molar refractivity (Wildman–Crippen MR) is 150 cm³/mol. The molecule has 7 nitrogen and oxygen atoms in total. The van der Waals surface area contributed by atoms with E-state index in [1.165, 1.54) is 19.3 Å². The van der Waals surface area contributed by atoms with Gasteiger partial charge in [-0.2, -0.15) is 0 Å². The number of carbonyl (C=O) groups is 3. The van der Waals surface area contributed by atoms with Crippen LogP contribution in [0.5, 0.6) is 0 Å². The first-order valence-corrected chi connectivity index (χ1v) is 14.0. The Morgan fingerprint density at radius 2 is 1.66 bits per heavy atom. The Morgan fingerprint density at radius 3 is 2.24 bits per heavy atom. The molecule has 2 aromatic carbocycles. The van der Waals surface area contributed by atoms with Gasteiger partial charge in [0, 0.05) is 40.7 Å². The number of likely N-dealkylation sites (N-methyl/N-ethyl adjacent to an activating group) is 1. The summed E-state index contributed by atoms with van der Waals surface area (Å²) in [5.41, 5.74) is 2.76. The number of nitrogens with one attached hydrogen (secondary N) is 1. The monoisotopic (exact) mass is 559 g/mol. The van der Waals surface area contributed by atoms with Gasteiger partial charge in [-0.25, -0.2) is 4.79 Å². The third-order valence-electron chi connectivity index (χ3n) is 7.59. The molecule has 1 aliphatic heterocycles. The molecule has 1 aliphatic carbocycles. The normalized spacial score (nSPS) is 19.1. The number of nitrogens with zero attached hydrogens (tertiary/aromatic N) is 2. The summed E-state index contributed by atoms with van der Waals surface area (Å²) >= 11 is 13.3. The summed E-state index contributed by atoms with van der Waals surface area (Å²) in [4.78, 5) is 41.0. The second-order valence-electron chi connectivity index (χ2n) is 10.6. The summed E-state index contributed by atoms with van der Waals surface area (Å²) in [5, 5.41) is 13.0. The Hall–Kier alpha value is -2.61. The van der Waals surface area contributed by atoms with Gasteiger partial charge in [0.2, 0.25) is 5.91 Å². The number of benzene rings is 2. The topological polar surface area (TPSA) is 90.0 Å². The van der Waals surface area contributed by atoms with Crippen LogP contribution in [0.1, 0.15) is 54.4 Å². The maximum atomic E-state index is 13.1. The van der Waals surface area contributed by atoms with E-state index in [4.69, 9.17) is 23.2 Å². The van der Waals surface area contributed by atoms with Crippen LogP contribution in [0.15, 0.2) is 36.4 Å². The van der Waals surface area contributed by atoms with Gasteiger partial charge in [0.1, 0.15) is 6.04 Å². The van der Waals surface area contributed by atoms with Crippen LogP contribution < -0.4 is 5.32 Å². The molecule has 0 bridgehead atoms. The number of hydrogen-bond donors (Lipinski definition) is 2. The van der Waals surface area contributed by atoms with Gasteiger partial charge in [0.25, 0.3) is 5.91 Å². The lowest BCUT2D eigenvalue weighted by Crippen LogP contribution is -2.46. The van der Waals surface area contributed by atoms with Gasteiger partial charge < -0.3 is 20.2 Å². The number of rotatable bonds is 9. The summed E-state index contributed by atoms with van der Waals surface area (Å²) in [5.74, 6) is -1.43. The highest BCUT2D eigenvalue weighted by atomic mass is 35.5. The highest BCUT2D eigenvalue weighted by molar-refractivity contribution is 6.36. The molecule has 0 spiro atoms. The minimum Gasteiger partial charge on any atom is -0.480 e. The van der Waals surface area contributed by atoms with Crippen molar-refractivity contribution in [1.29, 1.82) is 0 Å². The summed E-state index contributed by atoms with van der Waals surface area (Å²) in [6.45, 7) is 0.997. The van der Waals surface area contributed by atoms with Crippen molar-refractivity contribution in [2.45, 2.75) is 57.0 Å². The number of halogens is 2. The van der Waals surface area contributed by atoms with E-state index in [1.54, 1.807) is 43.3 Å². The third-order valence-corrected chi connectivity index (χ3v) is 8.26. The minimum atomic E-state index is -1.09. The second kappa shape index (κ2) is 12.5. The van der Waals surface area contributed by atoms with E-state index in [2.05, 4.69) is 10.2 Å². The van der Waals surface area contributed by atoms with Crippen molar-refractivity contribution >= 4 is 41.0 Å². The summed E-state index contributed by atoms with van der Waals surface area (Å²) < 4.78 is 0. The van der Waals surface area contributed by atoms with Crippen molar-refractivity contribution in [3.63, 3.8) is 0 Å². The maximum absolute atomic E-state index is 13.1. The summed E-state index contributed by atoms with van der Waals surface area (Å²) in [6.07, 6.45) is 7.21. The lowest BCUT2D eigenvalue weighted by atomic mass is 9.93. The molecule has 0 aromatic heterocycles. The van der Waals surface area contributed by atoms with Crippen LogP contribution in [0.25, 0.3) is 11.1 Å². The van der Waals surface area contributed by atoms with E-state index in [1.807, 2.05) is 12.1 Å². The molecule has 2 fully saturated rings. The molecule has 38 heavy (non-hydrogen) atoms. The molecule has 2 unspecified atom stereocenters. The molecule has 1 saturated heterocycles. The van der Waals surface area contributed by atoms with Crippen LogP contribution in [0.3, 0.4) is 0 Å². The number of amides is 2. The minimum absolute atomic E-state index is 0.0994. The average molecular weight is 561 g/mol. The lowest BCUT2D eigenvalue weighted by Gasteiger charge is -2.31. The smallest absolute Gasteiger partial charge is 0.327 e.